The number of hydrogen-bond donors (Lipinski definition) is 0. The molecule has 0 aromatic carbocycles. The molecule has 0 spiro atoms. The fraction of sp³-hybridized carbons (Fsp3) is 0.778. The molecular weight excluding hydrogens is 166 g/mol. The van der Waals surface area contributed by atoms with Gasteiger partial charge in [0.25, 0.3) is 0 Å². The van der Waals surface area contributed by atoms with Gasteiger partial charge in [0, 0.05) is 13.1 Å². The first kappa shape index (κ1) is 10.2. The molecule has 4 nitrogen and oxygen atoms in total. The number of rotatable bonds is 1. The Labute approximate surface area is 79.3 Å². The summed E-state index contributed by atoms with van der Waals surface area (Å²) in [6, 6.07) is 0.351. The number of ether oxygens (including phenoxy) is 1. The zero-order valence-electron chi connectivity index (χ0n) is 8.36. The minimum atomic E-state index is 0.351. The predicted molar refractivity (Wildman–Crippen MR) is 54.5 cm³/mol. The molecule has 0 aromatic rings. The summed E-state index contributed by atoms with van der Waals surface area (Å²) >= 11 is 0. The second-order valence-electron chi connectivity index (χ2n) is 3.05. The Balaban J connectivity index is 2.65. The maximum absolute atomic E-state index is 5.33. The van der Waals surface area contributed by atoms with Crippen molar-refractivity contribution in [2.75, 3.05) is 26.3 Å². The molecule has 1 rings (SSSR count). The zero-order valence-corrected chi connectivity index (χ0v) is 8.36. The van der Waals surface area contributed by atoms with E-state index in [9.17, 15) is 0 Å². The number of hydrogen-bond acceptors (Lipinski definition) is 2. The molecule has 0 N–H and O–H groups in total. The Bertz CT molecular complexity index is 203. The lowest BCUT2D eigenvalue weighted by molar-refractivity contribution is 0.0326. The molecule has 1 aliphatic heterocycles. The van der Waals surface area contributed by atoms with Gasteiger partial charge in [0.05, 0.1) is 19.3 Å². The molecule has 0 unspecified atom stereocenters. The van der Waals surface area contributed by atoms with Gasteiger partial charge in [-0.15, -0.1) is 0 Å². The van der Waals surface area contributed by atoms with Crippen LogP contribution in [0.15, 0.2) is 9.98 Å². The van der Waals surface area contributed by atoms with Gasteiger partial charge in [0.1, 0.15) is 0 Å². The SMILES string of the molecule is C=NC(=NCC)N1CCOC[C@H]1C. The van der Waals surface area contributed by atoms with Crippen LogP contribution in [0.1, 0.15) is 13.8 Å². The Kier molecular flexibility index (Phi) is 3.89. The van der Waals surface area contributed by atoms with Gasteiger partial charge in [-0.3, -0.25) is 4.99 Å². The Hall–Kier alpha value is -0.900. The van der Waals surface area contributed by atoms with Crippen LogP contribution >= 0.6 is 0 Å². The summed E-state index contributed by atoms with van der Waals surface area (Å²) in [5.74, 6) is 0.748. The van der Waals surface area contributed by atoms with Crippen LogP contribution in [0.5, 0.6) is 0 Å². The second kappa shape index (κ2) is 4.97. The van der Waals surface area contributed by atoms with Gasteiger partial charge in [0.15, 0.2) is 0 Å². The fourth-order valence-electron chi connectivity index (χ4n) is 1.40. The van der Waals surface area contributed by atoms with E-state index in [-0.39, 0.29) is 0 Å². The highest BCUT2D eigenvalue weighted by Crippen LogP contribution is 2.07. The Morgan fingerprint density at radius 2 is 2.46 bits per heavy atom. The summed E-state index contributed by atoms with van der Waals surface area (Å²) in [7, 11) is 0. The molecule has 74 valence electrons. The first-order valence-electron chi connectivity index (χ1n) is 4.65. The van der Waals surface area contributed by atoms with E-state index in [1.807, 2.05) is 6.92 Å². The number of morpholine rings is 1. The topological polar surface area (TPSA) is 37.2 Å². The maximum atomic E-state index is 5.33. The van der Waals surface area contributed by atoms with Crippen LogP contribution in [0, 0.1) is 0 Å². The highest BCUT2D eigenvalue weighted by atomic mass is 16.5. The first-order valence-corrected chi connectivity index (χ1v) is 4.65. The first-order chi connectivity index (χ1) is 6.29. The standard InChI is InChI=1S/C9H17N3O/c1-4-11-9(10-3)12-5-6-13-7-8(12)2/h8H,3-7H2,1-2H3/t8-/m1/s1. The Morgan fingerprint density at radius 3 is 3.00 bits per heavy atom. The molecule has 0 aromatic heterocycles. The summed E-state index contributed by atoms with van der Waals surface area (Å²) < 4.78 is 5.33. The fourth-order valence-corrected chi connectivity index (χ4v) is 1.40. The molecule has 0 aliphatic carbocycles. The van der Waals surface area contributed by atoms with Crippen LogP contribution in [0.2, 0.25) is 0 Å². The van der Waals surface area contributed by atoms with Crippen molar-refractivity contribution in [1.82, 2.24) is 4.90 Å². The minimum Gasteiger partial charge on any atom is -0.377 e. The number of aliphatic imine (C=N–C) groups is 2. The summed E-state index contributed by atoms with van der Waals surface area (Å²) in [5, 5.41) is 0. The normalized spacial score (nSPS) is 24.6. The average Bonchev–Trinajstić information content (AvgIpc) is 2.16. The minimum absolute atomic E-state index is 0.351. The van der Waals surface area contributed by atoms with Gasteiger partial charge in [0.2, 0.25) is 5.96 Å². The van der Waals surface area contributed by atoms with Gasteiger partial charge < -0.3 is 9.64 Å². The molecule has 0 saturated carbocycles. The molecule has 0 radical (unpaired) electrons. The molecule has 0 bridgehead atoms. The van der Waals surface area contributed by atoms with E-state index in [2.05, 4.69) is 28.5 Å². The quantitative estimate of drug-likeness (QED) is 0.445. The van der Waals surface area contributed by atoms with Crippen molar-refractivity contribution in [2.24, 2.45) is 9.98 Å². The maximum Gasteiger partial charge on any atom is 0.220 e. The molecular formula is C9H17N3O. The van der Waals surface area contributed by atoms with E-state index >= 15 is 0 Å². The third-order valence-corrected chi connectivity index (χ3v) is 2.07. The molecule has 13 heavy (non-hydrogen) atoms. The van der Waals surface area contributed by atoms with E-state index in [0.29, 0.717) is 6.04 Å². The summed E-state index contributed by atoms with van der Waals surface area (Å²) in [6.07, 6.45) is 0. The Morgan fingerprint density at radius 1 is 1.69 bits per heavy atom. The zero-order chi connectivity index (χ0) is 9.68. The van der Waals surface area contributed by atoms with Crippen molar-refractivity contribution < 1.29 is 4.74 Å². The third-order valence-electron chi connectivity index (χ3n) is 2.07. The largest absolute Gasteiger partial charge is 0.377 e. The van der Waals surface area contributed by atoms with Crippen LogP contribution in [-0.2, 0) is 4.74 Å². The highest BCUT2D eigenvalue weighted by molar-refractivity contribution is 5.84. The van der Waals surface area contributed by atoms with Gasteiger partial charge in [-0.25, -0.2) is 4.99 Å². The lowest BCUT2D eigenvalue weighted by Crippen LogP contribution is -2.46. The van der Waals surface area contributed by atoms with Crippen molar-refractivity contribution in [1.29, 1.82) is 0 Å². The van der Waals surface area contributed by atoms with Crippen molar-refractivity contribution in [3.05, 3.63) is 0 Å². The second-order valence-corrected chi connectivity index (χ2v) is 3.05. The number of guanidine groups is 1. The van der Waals surface area contributed by atoms with E-state index in [4.69, 9.17) is 4.74 Å². The number of nitrogens with zero attached hydrogens (tertiary/aromatic N) is 3. The smallest absolute Gasteiger partial charge is 0.220 e. The van der Waals surface area contributed by atoms with Gasteiger partial charge in [-0.05, 0) is 20.6 Å². The third kappa shape index (κ3) is 2.52. The van der Waals surface area contributed by atoms with E-state index in [1.54, 1.807) is 0 Å². The van der Waals surface area contributed by atoms with Crippen molar-refractivity contribution in [3.63, 3.8) is 0 Å². The van der Waals surface area contributed by atoms with Crippen LogP contribution in [-0.4, -0.2) is 49.9 Å². The van der Waals surface area contributed by atoms with Gasteiger partial charge in [-0.2, -0.15) is 0 Å². The average molecular weight is 183 g/mol. The summed E-state index contributed by atoms with van der Waals surface area (Å²) in [4.78, 5) is 10.3. The molecule has 4 heteroatoms. The van der Waals surface area contributed by atoms with Crippen molar-refractivity contribution >= 4 is 12.7 Å². The van der Waals surface area contributed by atoms with Crippen molar-refractivity contribution in [2.45, 2.75) is 19.9 Å². The summed E-state index contributed by atoms with van der Waals surface area (Å²) in [6.45, 7) is 10.7. The molecule has 1 saturated heterocycles. The van der Waals surface area contributed by atoms with Crippen LogP contribution in [0.3, 0.4) is 0 Å². The lowest BCUT2D eigenvalue weighted by atomic mass is 10.3. The predicted octanol–water partition coefficient (Wildman–Crippen LogP) is 0.784. The molecule has 1 fully saturated rings. The van der Waals surface area contributed by atoms with Crippen LogP contribution in [0.25, 0.3) is 0 Å². The molecule has 1 heterocycles. The van der Waals surface area contributed by atoms with Crippen molar-refractivity contribution in [3.8, 4) is 0 Å². The van der Waals surface area contributed by atoms with Crippen LogP contribution in [0.4, 0.5) is 0 Å². The van der Waals surface area contributed by atoms with Gasteiger partial charge in [-0.1, -0.05) is 0 Å². The van der Waals surface area contributed by atoms with Crippen LogP contribution < -0.4 is 0 Å². The molecule has 1 aliphatic rings. The molecule has 0 amide bonds. The lowest BCUT2D eigenvalue weighted by Gasteiger charge is -2.33. The van der Waals surface area contributed by atoms with Gasteiger partial charge >= 0.3 is 0 Å². The van der Waals surface area contributed by atoms with E-state index in [1.165, 1.54) is 0 Å². The monoisotopic (exact) mass is 183 g/mol. The highest BCUT2D eigenvalue weighted by Gasteiger charge is 2.20. The van der Waals surface area contributed by atoms with E-state index in [0.717, 1.165) is 32.3 Å². The van der Waals surface area contributed by atoms with E-state index < -0.39 is 0 Å². The molecule has 1 atom stereocenters. The summed E-state index contributed by atoms with van der Waals surface area (Å²) in [5.41, 5.74) is 0.